The SMILES string of the molecule is CC(C)(C)OC(N)=O.NC1CCCCC1O. The van der Waals surface area contributed by atoms with Crippen molar-refractivity contribution in [3.05, 3.63) is 0 Å². The van der Waals surface area contributed by atoms with Gasteiger partial charge in [-0.1, -0.05) is 12.8 Å². The number of aliphatic hydroxyl groups excluding tert-OH is 1. The van der Waals surface area contributed by atoms with Crippen LogP contribution < -0.4 is 11.5 Å². The van der Waals surface area contributed by atoms with E-state index < -0.39 is 11.7 Å². The first-order valence-corrected chi connectivity index (χ1v) is 5.64. The van der Waals surface area contributed by atoms with Crippen molar-refractivity contribution in [2.24, 2.45) is 11.5 Å². The van der Waals surface area contributed by atoms with Gasteiger partial charge >= 0.3 is 6.09 Å². The van der Waals surface area contributed by atoms with Crippen LogP contribution in [0, 0.1) is 0 Å². The van der Waals surface area contributed by atoms with Gasteiger partial charge in [0.25, 0.3) is 0 Å². The highest BCUT2D eigenvalue weighted by atomic mass is 16.6. The number of rotatable bonds is 0. The molecule has 1 fully saturated rings. The highest BCUT2D eigenvalue weighted by Gasteiger charge is 2.17. The fourth-order valence-electron chi connectivity index (χ4n) is 1.44. The van der Waals surface area contributed by atoms with E-state index in [9.17, 15) is 4.79 Å². The summed E-state index contributed by atoms with van der Waals surface area (Å²) >= 11 is 0. The average Bonchev–Trinajstić information content (AvgIpc) is 2.06. The summed E-state index contributed by atoms with van der Waals surface area (Å²) in [4.78, 5) is 10.0. The van der Waals surface area contributed by atoms with Crippen LogP contribution in [0.2, 0.25) is 0 Å². The van der Waals surface area contributed by atoms with E-state index in [0.717, 1.165) is 19.3 Å². The zero-order valence-electron chi connectivity index (χ0n) is 10.4. The van der Waals surface area contributed by atoms with Crippen molar-refractivity contribution in [2.75, 3.05) is 0 Å². The molecule has 0 bridgehead atoms. The quantitative estimate of drug-likeness (QED) is 0.583. The molecule has 0 saturated heterocycles. The van der Waals surface area contributed by atoms with E-state index >= 15 is 0 Å². The molecule has 1 aliphatic rings. The molecule has 1 aliphatic carbocycles. The third kappa shape index (κ3) is 8.49. The Morgan fingerprint density at radius 3 is 2.00 bits per heavy atom. The van der Waals surface area contributed by atoms with E-state index in [1.165, 1.54) is 6.42 Å². The number of carbonyl (C=O) groups is 1. The van der Waals surface area contributed by atoms with Crippen LogP contribution in [0.4, 0.5) is 4.79 Å². The summed E-state index contributed by atoms with van der Waals surface area (Å²) in [6.45, 7) is 5.28. The molecule has 0 radical (unpaired) electrons. The monoisotopic (exact) mass is 232 g/mol. The molecule has 2 unspecified atom stereocenters. The summed E-state index contributed by atoms with van der Waals surface area (Å²) in [6, 6.07) is 0.0590. The van der Waals surface area contributed by atoms with Crippen molar-refractivity contribution in [3.8, 4) is 0 Å². The van der Waals surface area contributed by atoms with Gasteiger partial charge in [0.1, 0.15) is 5.60 Å². The summed E-state index contributed by atoms with van der Waals surface area (Å²) in [7, 11) is 0. The first-order chi connectivity index (χ1) is 7.22. The Bertz CT molecular complexity index is 204. The van der Waals surface area contributed by atoms with Crippen LogP contribution in [0.15, 0.2) is 0 Å². The average molecular weight is 232 g/mol. The van der Waals surface area contributed by atoms with Crippen LogP contribution >= 0.6 is 0 Å². The Balaban J connectivity index is 0.000000281. The molecule has 0 aromatic rings. The van der Waals surface area contributed by atoms with Crippen LogP contribution in [-0.2, 0) is 4.74 Å². The van der Waals surface area contributed by atoms with Gasteiger partial charge < -0.3 is 21.3 Å². The lowest BCUT2D eigenvalue weighted by molar-refractivity contribution is 0.0600. The fourth-order valence-corrected chi connectivity index (χ4v) is 1.44. The lowest BCUT2D eigenvalue weighted by Gasteiger charge is -2.23. The highest BCUT2D eigenvalue weighted by Crippen LogP contribution is 2.15. The Morgan fingerprint density at radius 2 is 1.81 bits per heavy atom. The van der Waals surface area contributed by atoms with E-state index in [1.807, 2.05) is 0 Å². The van der Waals surface area contributed by atoms with Gasteiger partial charge in [0.05, 0.1) is 6.10 Å². The van der Waals surface area contributed by atoms with E-state index in [2.05, 4.69) is 4.74 Å². The zero-order chi connectivity index (χ0) is 12.8. The maximum Gasteiger partial charge on any atom is 0.405 e. The second-order valence-electron chi connectivity index (χ2n) is 5.05. The minimum atomic E-state index is -0.725. The standard InChI is InChI=1S/C6H13NO.C5H11NO2/c7-5-3-1-2-4-6(5)8;1-5(2,3)8-4(6)7/h5-6,8H,1-4,7H2;1-3H3,(H2,6,7). The number of hydrogen-bond acceptors (Lipinski definition) is 4. The minimum absolute atomic E-state index is 0.0590. The molecular formula is C11H24N2O3. The predicted octanol–water partition coefficient (Wildman–Crippen LogP) is 1.13. The maximum atomic E-state index is 10.0. The normalized spacial score (nSPS) is 25.3. The van der Waals surface area contributed by atoms with Gasteiger partial charge in [-0.25, -0.2) is 4.79 Å². The van der Waals surface area contributed by atoms with Crippen molar-refractivity contribution in [1.82, 2.24) is 0 Å². The van der Waals surface area contributed by atoms with E-state index in [4.69, 9.17) is 16.6 Å². The molecule has 1 saturated carbocycles. The predicted molar refractivity (Wildman–Crippen MR) is 62.9 cm³/mol. The maximum absolute atomic E-state index is 10.0. The van der Waals surface area contributed by atoms with Gasteiger partial charge in [-0.05, 0) is 33.6 Å². The second kappa shape index (κ2) is 6.70. The van der Waals surface area contributed by atoms with Crippen LogP contribution in [-0.4, -0.2) is 28.9 Å². The second-order valence-corrected chi connectivity index (χ2v) is 5.05. The van der Waals surface area contributed by atoms with Crippen molar-refractivity contribution in [1.29, 1.82) is 0 Å². The van der Waals surface area contributed by atoms with Gasteiger partial charge in [0, 0.05) is 6.04 Å². The first kappa shape index (κ1) is 15.2. The van der Waals surface area contributed by atoms with Crippen LogP contribution in [0.5, 0.6) is 0 Å². The molecule has 5 N–H and O–H groups in total. The van der Waals surface area contributed by atoms with Crippen molar-refractivity contribution in [2.45, 2.75) is 64.2 Å². The van der Waals surface area contributed by atoms with Crippen molar-refractivity contribution < 1.29 is 14.6 Å². The van der Waals surface area contributed by atoms with Gasteiger partial charge in [-0.2, -0.15) is 0 Å². The molecule has 0 aromatic heterocycles. The Hall–Kier alpha value is -0.810. The van der Waals surface area contributed by atoms with Crippen LogP contribution in [0.25, 0.3) is 0 Å². The molecule has 0 heterocycles. The van der Waals surface area contributed by atoms with Crippen molar-refractivity contribution in [3.63, 3.8) is 0 Å². The Labute approximate surface area is 97.1 Å². The summed E-state index contributed by atoms with van der Waals surface area (Å²) in [5.74, 6) is 0. The zero-order valence-corrected chi connectivity index (χ0v) is 10.4. The van der Waals surface area contributed by atoms with E-state index in [-0.39, 0.29) is 12.1 Å². The fraction of sp³-hybridized carbons (Fsp3) is 0.909. The van der Waals surface area contributed by atoms with Gasteiger partial charge in [0.2, 0.25) is 0 Å². The molecule has 1 rings (SSSR count). The summed E-state index contributed by atoms with van der Waals surface area (Å²) in [5.41, 5.74) is 9.79. The molecule has 96 valence electrons. The van der Waals surface area contributed by atoms with Crippen molar-refractivity contribution >= 4 is 6.09 Å². The molecule has 16 heavy (non-hydrogen) atoms. The summed E-state index contributed by atoms with van der Waals surface area (Å²) < 4.78 is 4.58. The van der Waals surface area contributed by atoms with Crippen LogP contribution in [0.3, 0.4) is 0 Å². The van der Waals surface area contributed by atoms with Gasteiger partial charge in [-0.3, -0.25) is 0 Å². The van der Waals surface area contributed by atoms with E-state index in [0.29, 0.717) is 0 Å². The molecule has 5 heteroatoms. The summed E-state index contributed by atoms with van der Waals surface area (Å²) in [6.07, 6.45) is 3.30. The molecule has 0 spiro atoms. The Morgan fingerprint density at radius 1 is 1.31 bits per heavy atom. The molecule has 0 aromatic carbocycles. The highest BCUT2D eigenvalue weighted by molar-refractivity contribution is 5.65. The third-order valence-corrected chi connectivity index (χ3v) is 2.19. The van der Waals surface area contributed by atoms with Gasteiger partial charge in [0.15, 0.2) is 0 Å². The van der Waals surface area contributed by atoms with E-state index in [1.54, 1.807) is 20.8 Å². The molecule has 2 atom stereocenters. The third-order valence-electron chi connectivity index (χ3n) is 2.19. The molecule has 0 aliphatic heterocycles. The number of ether oxygens (including phenoxy) is 1. The number of amides is 1. The number of nitrogens with two attached hydrogens (primary N) is 2. The summed E-state index contributed by atoms with van der Waals surface area (Å²) in [5, 5.41) is 9.05. The van der Waals surface area contributed by atoms with Gasteiger partial charge in [-0.15, -0.1) is 0 Å². The number of aliphatic hydroxyl groups is 1. The first-order valence-electron chi connectivity index (χ1n) is 5.64. The lowest BCUT2D eigenvalue weighted by Crippen LogP contribution is -2.37. The minimum Gasteiger partial charge on any atom is -0.444 e. The smallest absolute Gasteiger partial charge is 0.405 e. The topological polar surface area (TPSA) is 98.6 Å². The van der Waals surface area contributed by atoms with Crippen LogP contribution in [0.1, 0.15) is 46.5 Å². The molecule has 5 nitrogen and oxygen atoms in total. The largest absolute Gasteiger partial charge is 0.444 e. The molecule has 1 amide bonds. The number of carbonyl (C=O) groups excluding carboxylic acids is 1. The Kier molecular flexibility index (Phi) is 6.36. The number of hydrogen-bond donors (Lipinski definition) is 3. The number of primary amides is 1. The lowest BCUT2D eigenvalue weighted by atomic mass is 9.94. The molecular weight excluding hydrogens is 208 g/mol.